The molecular formula is C15H24N2O. The van der Waals surface area contributed by atoms with Crippen molar-refractivity contribution in [3.05, 3.63) is 23.8 Å². The van der Waals surface area contributed by atoms with Crippen molar-refractivity contribution in [2.75, 3.05) is 17.6 Å². The highest BCUT2D eigenvalue weighted by Crippen LogP contribution is 2.29. The molecule has 1 saturated carbocycles. The predicted molar refractivity (Wildman–Crippen MR) is 76.7 cm³/mol. The normalized spacial score (nSPS) is 19.2. The average molecular weight is 248 g/mol. The minimum Gasteiger partial charge on any atom is -0.397 e. The molecule has 0 heterocycles. The quantitative estimate of drug-likeness (QED) is 0.569. The summed E-state index contributed by atoms with van der Waals surface area (Å²) in [5, 5.41) is 13.9. The Morgan fingerprint density at radius 1 is 1.22 bits per heavy atom. The SMILES string of the molecule is Cc1cccc(N)c1NCC1(O)CCCCCC1. The Morgan fingerprint density at radius 2 is 1.89 bits per heavy atom. The van der Waals surface area contributed by atoms with Crippen molar-refractivity contribution in [1.82, 2.24) is 0 Å². The molecule has 4 N–H and O–H groups in total. The van der Waals surface area contributed by atoms with Crippen molar-refractivity contribution in [3.63, 3.8) is 0 Å². The number of nitrogen functional groups attached to an aromatic ring is 1. The highest BCUT2D eigenvalue weighted by molar-refractivity contribution is 5.69. The fraction of sp³-hybridized carbons (Fsp3) is 0.600. The third kappa shape index (κ3) is 3.16. The van der Waals surface area contributed by atoms with E-state index in [0.717, 1.165) is 42.6 Å². The standard InChI is InChI=1S/C15H24N2O/c1-12-7-6-8-13(16)14(12)17-11-15(18)9-4-2-3-5-10-15/h6-8,17-18H,2-5,9-11,16H2,1H3. The molecule has 0 amide bonds. The Labute approximate surface area is 109 Å². The molecule has 0 saturated heterocycles. The lowest BCUT2D eigenvalue weighted by Crippen LogP contribution is -2.36. The second-order valence-corrected chi connectivity index (χ2v) is 5.53. The highest BCUT2D eigenvalue weighted by atomic mass is 16.3. The van der Waals surface area contributed by atoms with Gasteiger partial charge in [0.25, 0.3) is 0 Å². The minimum absolute atomic E-state index is 0.564. The van der Waals surface area contributed by atoms with Crippen molar-refractivity contribution in [2.45, 2.75) is 51.0 Å². The number of benzene rings is 1. The molecule has 1 fully saturated rings. The van der Waals surface area contributed by atoms with Gasteiger partial charge in [-0.25, -0.2) is 0 Å². The molecule has 100 valence electrons. The summed E-state index contributed by atoms with van der Waals surface area (Å²) in [6, 6.07) is 5.89. The Morgan fingerprint density at radius 3 is 2.50 bits per heavy atom. The van der Waals surface area contributed by atoms with Gasteiger partial charge in [0.05, 0.1) is 17.0 Å². The molecule has 18 heavy (non-hydrogen) atoms. The van der Waals surface area contributed by atoms with Crippen LogP contribution in [0.3, 0.4) is 0 Å². The molecule has 0 radical (unpaired) electrons. The molecule has 1 aromatic rings. The van der Waals surface area contributed by atoms with E-state index >= 15 is 0 Å². The van der Waals surface area contributed by atoms with Gasteiger partial charge in [-0.1, -0.05) is 37.8 Å². The number of aliphatic hydroxyl groups is 1. The maximum absolute atomic E-state index is 10.6. The molecular weight excluding hydrogens is 224 g/mol. The number of hydrogen-bond donors (Lipinski definition) is 3. The van der Waals surface area contributed by atoms with Crippen LogP contribution in [0.4, 0.5) is 11.4 Å². The zero-order valence-electron chi connectivity index (χ0n) is 11.2. The van der Waals surface area contributed by atoms with E-state index in [0.29, 0.717) is 6.54 Å². The number of hydrogen-bond acceptors (Lipinski definition) is 3. The summed E-state index contributed by atoms with van der Waals surface area (Å²) in [7, 11) is 0. The summed E-state index contributed by atoms with van der Waals surface area (Å²) in [5.74, 6) is 0. The van der Waals surface area contributed by atoms with Crippen LogP contribution in [-0.2, 0) is 0 Å². The number of nitrogens with two attached hydrogens (primary N) is 1. The number of nitrogens with one attached hydrogen (secondary N) is 1. The van der Waals surface area contributed by atoms with Crippen molar-refractivity contribution in [3.8, 4) is 0 Å². The number of rotatable bonds is 3. The molecule has 1 aliphatic rings. The molecule has 0 bridgehead atoms. The highest BCUT2D eigenvalue weighted by Gasteiger charge is 2.27. The fourth-order valence-corrected chi connectivity index (χ4v) is 2.75. The second kappa shape index (κ2) is 5.61. The van der Waals surface area contributed by atoms with E-state index in [1.165, 1.54) is 12.8 Å². The summed E-state index contributed by atoms with van der Waals surface area (Å²) in [4.78, 5) is 0. The molecule has 1 aromatic carbocycles. The van der Waals surface area contributed by atoms with E-state index in [-0.39, 0.29) is 0 Å². The lowest BCUT2D eigenvalue weighted by Gasteiger charge is -2.28. The molecule has 0 aromatic heterocycles. The van der Waals surface area contributed by atoms with Gasteiger partial charge in [-0.2, -0.15) is 0 Å². The van der Waals surface area contributed by atoms with Gasteiger partial charge >= 0.3 is 0 Å². The Kier molecular flexibility index (Phi) is 4.12. The minimum atomic E-state index is -0.564. The Balaban J connectivity index is 2.02. The molecule has 0 unspecified atom stereocenters. The zero-order valence-corrected chi connectivity index (χ0v) is 11.2. The van der Waals surface area contributed by atoms with Crippen LogP contribution in [0.1, 0.15) is 44.1 Å². The lowest BCUT2D eigenvalue weighted by atomic mass is 9.94. The van der Waals surface area contributed by atoms with Crippen LogP contribution in [-0.4, -0.2) is 17.3 Å². The van der Waals surface area contributed by atoms with Gasteiger partial charge in [-0.3, -0.25) is 0 Å². The number of para-hydroxylation sites is 1. The van der Waals surface area contributed by atoms with Gasteiger partial charge in [0.1, 0.15) is 0 Å². The predicted octanol–water partition coefficient (Wildman–Crippen LogP) is 3.07. The van der Waals surface area contributed by atoms with Gasteiger partial charge in [0, 0.05) is 6.54 Å². The molecule has 0 atom stereocenters. The average Bonchev–Trinajstić information content (AvgIpc) is 2.54. The van der Waals surface area contributed by atoms with E-state index in [1.54, 1.807) is 0 Å². The van der Waals surface area contributed by atoms with Crippen LogP contribution < -0.4 is 11.1 Å². The first-order valence-corrected chi connectivity index (χ1v) is 6.92. The summed E-state index contributed by atoms with van der Waals surface area (Å²) >= 11 is 0. The lowest BCUT2D eigenvalue weighted by molar-refractivity contribution is 0.0381. The first-order valence-electron chi connectivity index (χ1n) is 6.92. The van der Waals surface area contributed by atoms with Crippen molar-refractivity contribution in [1.29, 1.82) is 0 Å². The molecule has 3 nitrogen and oxygen atoms in total. The molecule has 3 heteroatoms. The maximum Gasteiger partial charge on any atom is 0.0819 e. The van der Waals surface area contributed by atoms with Crippen LogP contribution in [0.5, 0.6) is 0 Å². The molecule has 1 aliphatic carbocycles. The van der Waals surface area contributed by atoms with Gasteiger partial charge in [0.2, 0.25) is 0 Å². The van der Waals surface area contributed by atoms with Crippen molar-refractivity contribution >= 4 is 11.4 Å². The van der Waals surface area contributed by atoms with E-state index in [4.69, 9.17) is 5.73 Å². The Hall–Kier alpha value is -1.22. The monoisotopic (exact) mass is 248 g/mol. The van der Waals surface area contributed by atoms with Gasteiger partial charge in [-0.15, -0.1) is 0 Å². The second-order valence-electron chi connectivity index (χ2n) is 5.53. The van der Waals surface area contributed by atoms with Crippen LogP contribution in [0, 0.1) is 6.92 Å². The van der Waals surface area contributed by atoms with E-state index in [9.17, 15) is 5.11 Å². The van der Waals surface area contributed by atoms with E-state index in [1.807, 2.05) is 25.1 Å². The molecule has 0 aliphatic heterocycles. The van der Waals surface area contributed by atoms with E-state index in [2.05, 4.69) is 5.32 Å². The zero-order chi connectivity index (χ0) is 13.0. The summed E-state index contributed by atoms with van der Waals surface area (Å²) in [6.45, 7) is 2.64. The summed E-state index contributed by atoms with van der Waals surface area (Å²) in [6.07, 6.45) is 6.53. The van der Waals surface area contributed by atoms with Crippen molar-refractivity contribution in [2.24, 2.45) is 0 Å². The van der Waals surface area contributed by atoms with E-state index < -0.39 is 5.60 Å². The maximum atomic E-state index is 10.6. The first kappa shape index (κ1) is 13.2. The summed E-state index contributed by atoms with van der Waals surface area (Å²) < 4.78 is 0. The largest absolute Gasteiger partial charge is 0.397 e. The van der Waals surface area contributed by atoms with Gasteiger partial charge < -0.3 is 16.2 Å². The molecule has 2 rings (SSSR count). The third-order valence-electron chi connectivity index (χ3n) is 3.93. The first-order chi connectivity index (χ1) is 8.61. The number of aryl methyl sites for hydroxylation is 1. The van der Waals surface area contributed by atoms with Crippen LogP contribution in [0.2, 0.25) is 0 Å². The smallest absolute Gasteiger partial charge is 0.0819 e. The van der Waals surface area contributed by atoms with Crippen LogP contribution in [0.25, 0.3) is 0 Å². The van der Waals surface area contributed by atoms with Crippen LogP contribution in [0.15, 0.2) is 18.2 Å². The van der Waals surface area contributed by atoms with Gasteiger partial charge in [0.15, 0.2) is 0 Å². The fourth-order valence-electron chi connectivity index (χ4n) is 2.75. The van der Waals surface area contributed by atoms with Gasteiger partial charge in [-0.05, 0) is 31.4 Å². The van der Waals surface area contributed by atoms with Crippen LogP contribution >= 0.6 is 0 Å². The van der Waals surface area contributed by atoms with Crippen molar-refractivity contribution < 1.29 is 5.11 Å². The third-order valence-corrected chi connectivity index (χ3v) is 3.93. The molecule has 0 spiro atoms. The Bertz CT molecular complexity index is 375. The number of anilines is 2. The summed E-state index contributed by atoms with van der Waals surface area (Å²) in [5.41, 5.74) is 8.26. The topological polar surface area (TPSA) is 58.3 Å².